The standard InChI is InChI=1S/C10H18O2/c11-9-3-1-7-2-4-10(12)6-8(7)5-9/h7-12H,1-6H2/t7?,8?,9-,10-/m1/s1. The van der Waals surface area contributed by atoms with E-state index in [1.165, 1.54) is 12.8 Å². The summed E-state index contributed by atoms with van der Waals surface area (Å²) in [6.45, 7) is 0. The minimum Gasteiger partial charge on any atom is -0.393 e. The van der Waals surface area contributed by atoms with Crippen LogP contribution in [0.4, 0.5) is 0 Å². The van der Waals surface area contributed by atoms with Crippen molar-refractivity contribution in [1.29, 1.82) is 0 Å². The van der Waals surface area contributed by atoms with Gasteiger partial charge in [0.1, 0.15) is 0 Å². The summed E-state index contributed by atoms with van der Waals surface area (Å²) in [5.41, 5.74) is 0. The van der Waals surface area contributed by atoms with Crippen LogP contribution in [0.25, 0.3) is 0 Å². The second kappa shape index (κ2) is 3.35. The summed E-state index contributed by atoms with van der Waals surface area (Å²) in [5.74, 6) is 1.41. The lowest BCUT2D eigenvalue weighted by Crippen LogP contribution is -2.34. The third-order valence-corrected chi connectivity index (χ3v) is 3.56. The maximum absolute atomic E-state index is 9.45. The number of aliphatic hydroxyl groups is 2. The van der Waals surface area contributed by atoms with Gasteiger partial charge in [0, 0.05) is 0 Å². The lowest BCUT2D eigenvalue weighted by Gasteiger charge is -2.39. The molecule has 2 N–H and O–H groups in total. The predicted molar refractivity (Wildman–Crippen MR) is 46.7 cm³/mol. The Morgan fingerprint density at radius 3 is 1.67 bits per heavy atom. The molecule has 70 valence electrons. The Morgan fingerprint density at radius 1 is 0.667 bits per heavy atom. The molecule has 0 aromatic heterocycles. The average Bonchev–Trinajstić information content (AvgIpc) is 2.03. The summed E-state index contributed by atoms with van der Waals surface area (Å²) in [7, 11) is 0. The quantitative estimate of drug-likeness (QED) is 0.575. The van der Waals surface area contributed by atoms with Gasteiger partial charge >= 0.3 is 0 Å². The fraction of sp³-hybridized carbons (Fsp3) is 1.00. The SMILES string of the molecule is O[C@@H]1CCC2CC[C@@H](O)CC2C1. The highest BCUT2D eigenvalue weighted by Crippen LogP contribution is 2.40. The topological polar surface area (TPSA) is 40.5 Å². The molecule has 2 saturated carbocycles. The smallest absolute Gasteiger partial charge is 0.0543 e. The van der Waals surface area contributed by atoms with Crippen LogP contribution in [0.15, 0.2) is 0 Å². The summed E-state index contributed by atoms with van der Waals surface area (Å²) in [5, 5.41) is 18.9. The van der Waals surface area contributed by atoms with E-state index in [1.807, 2.05) is 0 Å². The molecule has 2 aliphatic carbocycles. The molecule has 0 bridgehead atoms. The van der Waals surface area contributed by atoms with E-state index >= 15 is 0 Å². The first-order valence-electron chi connectivity index (χ1n) is 5.12. The molecule has 0 heterocycles. The normalized spacial score (nSPS) is 48.5. The van der Waals surface area contributed by atoms with E-state index in [0.29, 0.717) is 5.92 Å². The van der Waals surface area contributed by atoms with Crippen molar-refractivity contribution in [1.82, 2.24) is 0 Å². The third kappa shape index (κ3) is 1.64. The molecule has 12 heavy (non-hydrogen) atoms. The molecule has 0 aromatic rings. The van der Waals surface area contributed by atoms with Gasteiger partial charge in [0.25, 0.3) is 0 Å². The number of rotatable bonds is 0. The number of fused-ring (bicyclic) bond motifs is 1. The molecule has 0 saturated heterocycles. The summed E-state index contributed by atoms with van der Waals surface area (Å²) in [6, 6.07) is 0. The molecule has 0 spiro atoms. The summed E-state index contributed by atoms with van der Waals surface area (Å²) < 4.78 is 0. The van der Waals surface area contributed by atoms with Crippen molar-refractivity contribution in [3.8, 4) is 0 Å². The van der Waals surface area contributed by atoms with Crippen molar-refractivity contribution in [3.63, 3.8) is 0 Å². The highest BCUT2D eigenvalue weighted by Gasteiger charge is 2.34. The highest BCUT2D eigenvalue weighted by atomic mass is 16.3. The largest absolute Gasteiger partial charge is 0.393 e. The summed E-state index contributed by atoms with van der Waals surface area (Å²) >= 11 is 0. The maximum Gasteiger partial charge on any atom is 0.0543 e. The Morgan fingerprint density at radius 2 is 1.17 bits per heavy atom. The zero-order chi connectivity index (χ0) is 8.55. The zero-order valence-electron chi connectivity index (χ0n) is 7.45. The van der Waals surface area contributed by atoms with Crippen LogP contribution >= 0.6 is 0 Å². The van der Waals surface area contributed by atoms with Gasteiger partial charge in [-0.3, -0.25) is 0 Å². The van der Waals surface area contributed by atoms with Crippen molar-refractivity contribution >= 4 is 0 Å². The first-order chi connectivity index (χ1) is 5.75. The molecule has 2 aliphatic rings. The van der Waals surface area contributed by atoms with Crippen LogP contribution in [0, 0.1) is 11.8 Å². The highest BCUT2D eigenvalue weighted by molar-refractivity contribution is 4.85. The molecule has 2 rings (SSSR count). The summed E-state index contributed by atoms with van der Waals surface area (Å²) in [6.07, 6.45) is 6.02. The van der Waals surface area contributed by atoms with E-state index in [4.69, 9.17) is 0 Å². The van der Waals surface area contributed by atoms with E-state index in [9.17, 15) is 10.2 Å². The van der Waals surface area contributed by atoms with Gasteiger partial charge in [-0.1, -0.05) is 0 Å². The van der Waals surface area contributed by atoms with E-state index < -0.39 is 0 Å². The first-order valence-corrected chi connectivity index (χ1v) is 5.12. The first kappa shape index (κ1) is 8.52. The molecule has 2 atom stereocenters. The molecular formula is C10H18O2. The fourth-order valence-electron chi connectivity index (χ4n) is 2.84. The Bertz CT molecular complexity index is 142. The van der Waals surface area contributed by atoms with Crippen molar-refractivity contribution in [2.45, 2.75) is 50.7 Å². The molecule has 0 aliphatic heterocycles. The minimum absolute atomic E-state index is 0.0865. The maximum atomic E-state index is 9.45. The van der Waals surface area contributed by atoms with Crippen LogP contribution in [0.1, 0.15) is 38.5 Å². The number of hydrogen-bond acceptors (Lipinski definition) is 2. The van der Waals surface area contributed by atoms with Crippen molar-refractivity contribution in [2.75, 3.05) is 0 Å². The Labute approximate surface area is 73.6 Å². The fourth-order valence-corrected chi connectivity index (χ4v) is 2.84. The molecular weight excluding hydrogens is 152 g/mol. The molecule has 2 fully saturated rings. The van der Waals surface area contributed by atoms with Crippen LogP contribution in [0.3, 0.4) is 0 Å². The van der Waals surface area contributed by atoms with Crippen LogP contribution in [-0.4, -0.2) is 22.4 Å². The number of hydrogen-bond donors (Lipinski definition) is 2. The van der Waals surface area contributed by atoms with Gasteiger partial charge in [0.2, 0.25) is 0 Å². The van der Waals surface area contributed by atoms with E-state index in [-0.39, 0.29) is 12.2 Å². The monoisotopic (exact) mass is 170 g/mol. The van der Waals surface area contributed by atoms with Crippen LogP contribution < -0.4 is 0 Å². The van der Waals surface area contributed by atoms with Gasteiger partial charge in [-0.2, -0.15) is 0 Å². The Balaban J connectivity index is 1.94. The van der Waals surface area contributed by atoms with E-state index in [1.54, 1.807) is 0 Å². The van der Waals surface area contributed by atoms with Gasteiger partial charge in [0.15, 0.2) is 0 Å². The van der Waals surface area contributed by atoms with E-state index in [2.05, 4.69) is 0 Å². The molecule has 2 nitrogen and oxygen atoms in total. The number of aliphatic hydroxyl groups excluding tert-OH is 2. The molecule has 0 aromatic carbocycles. The van der Waals surface area contributed by atoms with Gasteiger partial charge in [-0.05, 0) is 50.4 Å². The van der Waals surface area contributed by atoms with Crippen LogP contribution in [0.2, 0.25) is 0 Å². The van der Waals surface area contributed by atoms with Crippen LogP contribution in [-0.2, 0) is 0 Å². The van der Waals surface area contributed by atoms with Crippen molar-refractivity contribution in [2.24, 2.45) is 11.8 Å². The Hall–Kier alpha value is -0.0800. The van der Waals surface area contributed by atoms with Gasteiger partial charge in [-0.25, -0.2) is 0 Å². The lowest BCUT2D eigenvalue weighted by atomic mass is 9.69. The average molecular weight is 170 g/mol. The summed E-state index contributed by atoms with van der Waals surface area (Å²) in [4.78, 5) is 0. The Kier molecular flexibility index (Phi) is 2.37. The van der Waals surface area contributed by atoms with Gasteiger partial charge in [0.05, 0.1) is 12.2 Å². The van der Waals surface area contributed by atoms with Crippen molar-refractivity contribution < 1.29 is 10.2 Å². The third-order valence-electron chi connectivity index (χ3n) is 3.56. The predicted octanol–water partition coefficient (Wildman–Crippen LogP) is 1.31. The van der Waals surface area contributed by atoms with Gasteiger partial charge < -0.3 is 10.2 Å². The molecule has 0 radical (unpaired) electrons. The van der Waals surface area contributed by atoms with Crippen LogP contribution in [0.5, 0.6) is 0 Å². The lowest BCUT2D eigenvalue weighted by molar-refractivity contribution is 0.00395. The van der Waals surface area contributed by atoms with Crippen molar-refractivity contribution in [3.05, 3.63) is 0 Å². The molecule has 0 amide bonds. The minimum atomic E-state index is -0.0865. The molecule has 2 heteroatoms. The second-order valence-electron chi connectivity index (χ2n) is 4.45. The molecule has 0 unspecified atom stereocenters. The van der Waals surface area contributed by atoms with Gasteiger partial charge in [-0.15, -0.1) is 0 Å². The zero-order valence-corrected chi connectivity index (χ0v) is 7.45. The van der Waals surface area contributed by atoms with E-state index in [0.717, 1.165) is 31.6 Å². The second-order valence-corrected chi connectivity index (χ2v) is 4.45.